The second-order valence-electron chi connectivity index (χ2n) is 6.73. The first kappa shape index (κ1) is 11.5. The van der Waals surface area contributed by atoms with E-state index >= 15 is 0 Å². The van der Waals surface area contributed by atoms with Gasteiger partial charge in [0, 0.05) is 0 Å². The van der Waals surface area contributed by atoms with Crippen molar-refractivity contribution in [2.45, 2.75) is 66.2 Å². The van der Waals surface area contributed by atoms with Crippen LogP contribution in [-0.4, -0.2) is 0 Å². The summed E-state index contributed by atoms with van der Waals surface area (Å²) >= 11 is 0. The zero-order valence-electron chi connectivity index (χ0n) is 11.1. The molecular formula is C15H28. The Bertz CT molecular complexity index is 210. The van der Waals surface area contributed by atoms with E-state index in [-0.39, 0.29) is 0 Å². The Labute approximate surface area is 95.8 Å². The molecule has 0 heteroatoms. The lowest BCUT2D eigenvalue weighted by Crippen LogP contribution is -2.33. The third-order valence-corrected chi connectivity index (χ3v) is 5.47. The highest BCUT2D eigenvalue weighted by Gasteiger charge is 2.50. The van der Waals surface area contributed by atoms with Crippen LogP contribution in [0, 0.1) is 29.1 Å². The van der Waals surface area contributed by atoms with Crippen LogP contribution in [0.1, 0.15) is 66.2 Å². The van der Waals surface area contributed by atoms with Crippen molar-refractivity contribution in [2.24, 2.45) is 29.1 Å². The molecule has 2 rings (SSSR count). The van der Waals surface area contributed by atoms with Gasteiger partial charge in [0.2, 0.25) is 0 Å². The van der Waals surface area contributed by atoms with Gasteiger partial charge >= 0.3 is 0 Å². The summed E-state index contributed by atoms with van der Waals surface area (Å²) in [5.74, 6) is 3.83. The predicted molar refractivity (Wildman–Crippen MR) is 66.8 cm³/mol. The second kappa shape index (κ2) is 4.11. The topological polar surface area (TPSA) is 0 Å². The molecule has 15 heavy (non-hydrogen) atoms. The molecule has 0 aliphatic heterocycles. The van der Waals surface area contributed by atoms with Gasteiger partial charge in [0.1, 0.15) is 0 Å². The highest BCUT2D eigenvalue weighted by atomic mass is 14.6. The average molecular weight is 208 g/mol. The minimum Gasteiger partial charge on any atom is -0.0625 e. The van der Waals surface area contributed by atoms with Crippen LogP contribution in [-0.2, 0) is 0 Å². The van der Waals surface area contributed by atoms with E-state index in [1.165, 1.54) is 38.5 Å². The molecule has 1 spiro atoms. The van der Waals surface area contributed by atoms with Gasteiger partial charge in [-0.05, 0) is 48.3 Å². The van der Waals surface area contributed by atoms with Crippen LogP contribution in [0.3, 0.4) is 0 Å². The van der Waals surface area contributed by atoms with Gasteiger partial charge in [-0.3, -0.25) is 0 Å². The first-order valence-electron chi connectivity index (χ1n) is 7.07. The fourth-order valence-corrected chi connectivity index (χ4v) is 4.98. The maximum absolute atomic E-state index is 2.51. The molecule has 2 aliphatic rings. The third-order valence-electron chi connectivity index (χ3n) is 5.47. The van der Waals surface area contributed by atoms with Crippen molar-refractivity contribution in [1.82, 2.24) is 0 Å². The lowest BCUT2D eigenvalue weighted by atomic mass is 9.63. The highest BCUT2D eigenvalue weighted by molar-refractivity contribution is 5.00. The quantitative estimate of drug-likeness (QED) is 0.576. The highest BCUT2D eigenvalue weighted by Crippen LogP contribution is 2.59. The molecule has 0 saturated heterocycles. The molecule has 3 unspecified atom stereocenters. The molecule has 0 heterocycles. The number of hydrogen-bond donors (Lipinski definition) is 0. The largest absolute Gasteiger partial charge is 0.0625 e. The Morgan fingerprint density at radius 2 is 1.60 bits per heavy atom. The van der Waals surface area contributed by atoms with Crippen molar-refractivity contribution in [2.75, 3.05) is 0 Å². The van der Waals surface area contributed by atoms with E-state index in [4.69, 9.17) is 0 Å². The van der Waals surface area contributed by atoms with Gasteiger partial charge in [0.25, 0.3) is 0 Å². The van der Waals surface area contributed by atoms with Crippen LogP contribution in [0.2, 0.25) is 0 Å². The molecule has 0 radical (unpaired) electrons. The van der Waals surface area contributed by atoms with E-state index in [9.17, 15) is 0 Å². The van der Waals surface area contributed by atoms with Gasteiger partial charge in [-0.25, -0.2) is 0 Å². The van der Waals surface area contributed by atoms with Crippen molar-refractivity contribution < 1.29 is 0 Å². The van der Waals surface area contributed by atoms with Gasteiger partial charge in [-0.15, -0.1) is 0 Å². The Kier molecular flexibility index (Phi) is 3.14. The van der Waals surface area contributed by atoms with Crippen molar-refractivity contribution in [3.05, 3.63) is 0 Å². The minimum absolute atomic E-state index is 0.755. The molecule has 0 N–H and O–H groups in total. The molecule has 3 atom stereocenters. The van der Waals surface area contributed by atoms with Crippen LogP contribution >= 0.6 is 0 Å². The number of hydrogen-bond acceptors (Lipinski definition) is 0. The zero-order chi connectivity index (χ0) is 11.1. The van der Waals surface area contributed by atoms with Crippen LogP contribution in [0.4, 0.5) is 0 Å². The lowest BCUT2D eigenvalue weighted by Gasteiger charge is -2.42. The summed E-state index contributed by atoms with van der Waals surface area (Å²) in [6.45, 7) is 9.91. The first-order chi connectivity index (χ1) is 7.07. The molecule has 0 nitrogen and oxygen atoms in total. The Morgan fingerprint density at radius 3 is 2.13 bits per heavy atom. The Hall–Kier alpha value is 0. The van der Waals surface area contributed by atoms with Crippen molar-refractivity contribution in [3.63, 3.8) is 0 Å². The molecule has 0 bridgehead atoms. The van der Waals surface area contributed by atoms with Crippen LogP contribution in [0.15, 0.2) is 0 Å². The normalized spacial score (nSPS) is 40.2. The lowest BCUT2D eigenvalue weighted by molar-refractivity contribution is 0.0761. The SMILES string of the molecule is CC(C)C1C(C)C(C)CC12CCCCC2. The monoisotopic (exact) mass is 208 g/mol. The van der Waals surface area contributed by atoms with Crippen molar-refractivity contribution >= 4 is 0 Å². The number of rotatable bonds is 1. The first-order valence-corrected chi connectivity index (χ1v) is 7.07. The van der Waals surface area contributed by atoms with Crippen LogP contribution in [0.25, 0.3) is 0 Å². The fourth-order valence-electron chi connectivity index (χ4n) is 4.98. The van der Waals surface area contributed by atoms with Gasteiger partial charge < -0.3 is 0 Å². The summed E-state index contributed by atoms with van der Waals surface area (Å²) in [5, 5.41) is 0. The zero-order valence-corrected chi connectivity index (χ0v) is 11.1. The molecule has 88 valence electrons. The summed E-state index contributed by atoms with van der Waals surface area (Å²) in [4.78, 5) is 0. The van der Waals surface area contributed by atoms with Gasteiger partial charge in [0.05, 0.1) is 0 Å². The summed E-state index contributed by atoms with van der Waals surface area (Å²) < 4.78 is 0. The standard InChI is InChI=1S/C15H28/c1-11(2)14-13(4)12(3)10-15(14)8-6-5-7-9-15/h11-14H,5-10H2,1-4H3. The maximum Gasteiger partial charge on any atom is -0.0261 e. The minimum atomic E-state index is 0.755. The fraction of sp³-hybridized carbons (Fsp3) is 1.00. The van der Waals surface area contributed by atoms with Crippen molar-refractivity contribution in [1.29, 1.82) is 0 Å². The summed E-state index contributed by atoms with van der Waals surface area (Å²) in [7, 11) is 0. The summed E-state index contributed by atoms with van der Waals surface area (Å²) in [5.41, 5.74) is 0.755. The summed E-state index contributed by atoms with van der Waals surface area (Å²) in [6, 6.07) is 0. The molecule has 0 aromatic heterocycles. The average Bonchev–Trinajstić information content (AvgIpc) is 2.40. The third kappa shape index (κ3) is 1.85. The van der Waals surface area contributed by atoms with E-state index in [1.54, 1.807) is 0 Å². The second-order valence-corrected chi connectivity index (χ2v) is 6.73. The van der Waals surface area contributed by atoms with E-state index in [2.05, 4.69) is 27.7 Å². The smallest absolute Gasteiger partial charge is 0.0261 e. The molecule has 0 amide bonds. The molecular weight excluding hydrogens is 180 g/mol. The van der Waals surface area contributed by atoms with Gasteiger partial charge in [0.15, 0.2) is 0 Å². The van der Waals surface area contributed by atoms with Gasteiger partial charge in [-0.1, -0.05) is 47.0 Å². The van der Waals surface area contributed by atoms with Gasteiger partial charge in [-0.2, -0.15) is 0 Å². The molecule has 0 aromatic rings. The molecule has 2 aliphatic carbocycles. The van der Waals surface area contributed by atoms with E-state index in [0.29, 0.717) is 0 Å². The predicted octanol–water partition coefficient (Wildman–Crippen LogP) is 4.89. The Morgan fingerprint density at radius 1 is 1.00 bits per heavy atom. The molecule has 0 aromatic carbocycles. The summed E-state index contributed by atoms with van der Waals surface area (Å²) in [6.07, 6.45) is 9.09. The van der Waals surface area contributed by atoms with E-state index < -0.39 is 0 Å². The van der Waals surface area contributed by atoms with Crippen molar-refractivity contribution in [3.8, 4) is 0 Å². The Balaban J connectivity index is 2.21. The molecule has 2 fully saturated rings. The van der Waals surface area contributed by atoms with Crippen LogP contribution < -0.4 is 0 Å². The molecule has 2 saturated carbocycles. The van der Waals surface area contributed by atoms with Crippen LogP contribution in [0.5, 0.6) is 0 Å². The van der Waals surface area contributed by atoms with E-state index in [0.717, 1.165) is 29.1 Å². The maximum atomic E-state index is 2.51. The van der Waals surface area contributed by atoms with E-state index in [1.807, 2.05) is 0 Å².